The first-order chi connectivity index (χ1) is 12.2. The van der Waals surface area contributed by atoms with Crippen LogP contribution in [0.5, 0.6) is 0 Å². The number of hydrogen-bond acceptors (Lipinski definition) is 4. The summed E-state index contributed by atoms with van der Waals surface area (Å²) in [6.07, 6.45) is 4.16. The fourth-order valence-electron chi connectivity index (χ4n) is 3.47. The molecule has 25 heavy (non-hydrogen) atoms. The molecule has 1 atom stereocenters. The van der Waals surface area contributed by atoms with E-state index in [0.717, 1.165) is 18.5 Å². The van der Waals surface area contributed by atoms with Gasteiger partial charge in [-0.3, -0.25) is 9.89 Å². The van der Waals surface area contributed by atoms with Gasteiger partial charge in [0.05, 0.1) is 13.2 Å². The highest BCUT2D eigenvalue weighted by Gasteiger charge is 2.29. The van der Waals surface area contributed by atoms with Crippen molar-refractivity contribution in [1.29, 1.82) is 0 Å². The summed E-state index contributed by atoms with van der Waals surface area (Å²) in [5, 5.41) is 9.93. The van der Waals surface area contributed by atoms with Crippen LogP contribution in [0.3, 0.4) is 0 Å². The first-order valence-corrected chi connectivity index (χ1v) is 9.10. The number of amides is 3. The number of ether oxygens (including phenoxy) is 1. The van der Waals surface area contributed by atoms with Crippen LogP contribution in [0.4, 0.5) is 4.79 Å². The van der Waals surface area contributed by atoms with Gasteiger partial charge in [0.2, 0.25) is 5.91 Å². The van der Waals surface area contributed by atoms with Crippen LogP contribution in [-0.4, -0.2) is 77.4 Å². The number of H-pyrrole nitrogens is 1. The Kier molecular flexibility index (Phi) is 5.91. The molecule has 0 bridgehead atoms. The lowest BCUT2D eigenvalue weighted by Gasteiger charge is -2.34. The van der Waals surface area contributed by atoms with Gasteiger partial charge in [-0.25, -0.2) is 4.79 Å². The zero-order valence-corrected chi connectivity index (χ0v) is 14.7. The summed E-state index contributed by atoms with van der Waals surface area (Å²) < 4.78 is 5.28. The molecule has 2 fully saturated rings. The van der Waals surface area contributed by atoms with Crippen LogP contribution < -0.4 is 5.32 Å². The normalized spacial score (nSPS) is 20.4. The minimum Gasteiger partial charge on any atom is -0.378 e. The smallest absolute Gasteiger partial charge is 0.318 e. The van der Waals surface area contributed by atoms with E-state index in [2.05, 4.69) is 15.5 Å². The number of aromatic amines is 1. The Bertz CT molecular complexity index is 563. The summed E-state index contributed by atoms with van der Waals surface area (Å²) in [5.74, 6) is 0.412. The number of aromatic nitrogens is 2. The lowest BCUT2D eigenvalue weighted by atomic mass is 9.94. The average molecular weight is 349 g/mol. The minimum absolute atomic E-state index is 0.00787. The first kappa shape index (κ1) is 17.7. The fourth-order valence-corrected chi connectivity index (χ4v) is 3.47. The second kappa shape index (κ2) is 8.33. The van der Waals surface area contributed by atoms with Crippen molar-refractivity contribution in [3.05, 3.63) is 18.0 Å². The van der Waals surface area contributed by atoms with E-state index in [1.165, 1.54) is 0 Å². The maximum atomic E-state index is 12.6. The van der Waals surface area contributed by atoms with Crippen molar-refractivity contribution in [3.63, 3.8) is 0 Å². The summed E-state index contributed by atoms with van der Waals surface area (Å²) in [4.78, 5) is 28.7. The van der Waals surface area contributed by atoms with E-state index in [4.69, 9.17) is 4.74 Å². The molecule has 2 N–H and O–H groups in total. The van der Waals surface area contributed by atoms with Gasteiger partial charge in [0.1, 0.15) is 6.04 Å². The minimum atomic E-state index is -0.462. The molecule has 8 heteroatoms. The third kappa shape index (κ3) is 4.31. The maximum Gasteiger partial charge on any atom is 0.318 e. The molecule has 2 saturated heterocycles. The highest BCUT2D eigenvalue weighted by Crippen LogP contribution is 2.26. The third-order valence-corrected chi connectivity index (χ3v) is 5.07. The molecule has 0 saturated carbocycles. The summed E-state index contributed by atoms with van der Waals surface area (Å²) in [6.45, 7) is 5.64. The summed E-state index contributed by atoms with van der Waals surface area (Å²) in [7, 11) is 0. The predicted molar refractivity (Wildman–Crippen MR) is 92.1 cm³/mol. The fraction of sp³-hybridized carbons (Fsp3) is 0.706. The molecule has 8 nitrogen and oxygen atoms in total. The van der Waals surface area contributed by atoms with E-state index < -0.39 is 6.04 Å². The molecule has 0 radical (unpaired) electrons. The zero-order chi connectivity index (χ0) is 17.6. The van der Waals surface area contributed by atoms with Crippen molar-refractivity contribution in [1.82, 2.24) is 25.3 Å². The molecule has 1 aromatic heterocycles. The second-order valence-electron chi connectivity index (χ2n) is 6.62. The molecule has 1 aromatic rings. The van der Waals surface area contributed by atoms with E-state index in [1.54, 1.807) is 11.1 Å². The quantitative estimate of drug-likeness (QED) is 0.846. The van der Waals surface area contributed by atoms with Crippen LogP contribution >= 0.6 is 0 Å². The van der Waals surface area contributed by atoms with Crippen molar-refractivity contribution in [2.45, 2.75) is 38.1 Å². The van der Waals surface area contributed by atoms with Crippen LogP contribution in [0.15, 0.2) is 12.3 Å². The molecule has 3 amide bonds. The number of nitrogens with zero attached hydrogens (tertiary/aromatic N) is 3. The lowest BCUT2D eigenvalue weighted by molar-refractivity contribution is -0.137. The van der Waals surface area contributed by atoms with Gasteiger partial charge in [-0.2, -0.15) is 5.10 Å². The van der Waals surface area contributed by atoms with E-state index >= 15 is 0 Å². The Balaban J connectivity index is 1.49. The number of likely N-dealkylation sites (tertiary alicyclic amines) is 1. The molecule has 0 aromatic carbocycles. The van der Waals surface area contributed by atoms with Gasteiger partial charge in [-0.05, 0) is 25.3 Å². The number of hydrogen-bond donors (Lipinski definition) is 2. The van der Waals surface area contributed by atoms with E-state index in [-0.39, 0.29) is 11.9 Å². The molecule has 0 spiro atoms. The molecule has 138 valence electrons. The van der Waals surface area contributed by atoms with Gasteiger partial charge in [-0.1, -0.05) is 6.92 Å². The Morgan fingerprint density at radius 3 is 2.60 bits per heavy atom. The molecule has 0 unspecified atom stereocenters. The predicted octanol–water partition coefficient (Wildman–Crippen LogP) is 0.936. The standard InChI is InChI=1S/C17H27N5O3/c1-2-14(16(23)21-9-11-25-12-10-21)19-17(24)22-7-4-13(5-8-22)15-3-6-18-20-15/h3,6,13-14H,2,4-5,7-12H2,1H3,(H,18,20)(H,19,24)/t14-/m0/s1. The largest absolute Gasteiger partial charge is 0.378 e. The summed E-state index contributed by atoms with van der Waals surface area (Å²) >= 11 is 0. The molecule has 3 rings (SSSR count). The first-order valence-electron chi connectivity index (χ1n) is 9.10. The van der Waals surface area contributed by atoms with E-state index in [9.17, 15) is 9.59 Å². The van der Waals surface area contributed by atoms with Gasteiger partial charge in [-0.15, -0.1) is 0 Å². The summed E-state index contributed by atoms with van der Waals surface area (Å²) in [6, 6.07) is 1.39. The Labute approximate surface area is 147 Å². The number of morpholine rings is 1. The Morgan fingerprint density at radius 2 is 2.00 bits per heavy atom. The lowest BCUT2D eigenvalue weighted by Crippen LogP contribution is -2.54. The number of carbonyl (C=O) groups is 2. The number of carbonyl (C=O) groups excluding carboxylic acids is 2. The van der Waals surface area contributed by atoms with Gasteiger partial charge in [0.25, 0.3) is 0 Å². The van der Waals surface area contributed by atoms with Gasteiger partial charge in [0, 0.05) is 44.0 Å². The number of rotatable bonds is 4. The average Bonchev–Trinajstić information content (AvgIpc) is 3.21. The van der Waals surface area contributed by atoms with Crippen molar-refractivity contribution >= 4 is 11.9 Å². The van der Waals surface area contributed by atoms with Gasteiger partial charge in [0.15, 0.2) is 0 Å². The van der Waals surface area contributed by atoms with Crippen molar-refractivity contribution in [3.8, 4) is 0 Å². The van der Waals surface area contributed by atoms with Crippen LogP contribution in [0.2, 0.25) is 0 Å². The third-order valence-electron chi connectivity index (χ3n) is 5.07. The zero-order valence-electron chi connectivity index (χ0n) is 14.7. The molecule has 2 aliphatic rings. The van der Waals surface area contributed by atoms with Crippen molar-refractivity contribution < 1.29 is 14.3 Å². The Morgan fingerprint density at radius 1 is 1.28 bits per heavy atom. The molecule has 0 aliphatic carbocycles. The molecule has 2 aliphatic heterocycles. The second-order valence-corrected chi connectivity index (χ2v) is 6.62. The molecular weight excluding hydrogens is 322 g/mol. The number of nitrogens with one attached hydrogen (secondary N) is 2. The molecular formula is C17H27N5O3. The highest BCUT2D eigenvalue weighted by atomic mass is 16.5. The van der Waals surface area contributed by atoms with Gasteiger partial charge >= 0.3 is 6.03 Å². The van der Waals surface area contributed by atoms with Crippen LogP contribution in [0.1, 0.15) is 37.8 Å². The number of piperidine rings is 1. The maximum absolute atomic E-state index is 12.6. The summed E-state index contributed by atoms with van der Waals surface area (Å²) in [5.41, 5.74) is 1.13. The van der Waals surface area contributed by atoms with Crippen molar-refractivity contribution in [2.75, 3.05) is 39.4 Å². The van der Waals surface area contributed by atoms with Gasteiger partial charge < -0.3 is 19.9 Å². The molecule has 3 heterocycles. The van der Waals surface area contributed by atoms with Crippen LogP contribution in [0.25, 0.3) is 0 Å². The monoisotopic (exact) mass is 349 g/mol. The van der Waals surface area contributed by atoms with E-state index in [1.807, 2.05) is 17.9 Å². The SMILES string of the molecule is CC[C@H](NC(=O)N1CCC(c2ccn[nH]2)CC1)C(=O)N1CCOCC1. The van der Waals surface area contributed by atoms with Crippen LogP contribution in [0, 0.1) is 0 Å². The Hall–Kier alpha value is -2.09. The highest BCUT2D eigenvalue weighted by molar-refractivity contribution is 5.87. The van der Waals surface area contributed by atoms with E-state index in [0.29, 0.717) is 51.7 Å². The topological polar surface area (TPSA) is 90.6 Å². The van der Waals surface area contributed by atoms with Crippen LogP contribution in [-0.2, 0) is 9.53 Å². The number of urea groups is 1. The van der Waals surface area contributed by atoms with Crippen molar-refractivity contribution in [2.24, 2.45) is 0 Å².